The molecule has 1 N–H and O–H groups in total. The second kappa shape index (κ2) is 8.21. The van der Waals surface area contributed by atoms with E-state index in [2.05, 4.69) is 9.71 Å². The standard InChI is InChI=1S/C16H28N4O2S2/c1-19-13-10-17-16(19)23-15-8-6-14(7-9-15)18-24(21,22)20-11-4-2-3-5-12-20/h10,13-15,18H,2-9,11-12H2,1H3. The van der Waals surface area contributed by atoms with Gasteiger partial charge in [-0.25, -0.2) is 4.98 Å². The van der Waals surface area contributed by atoms with E-state index in [-0.39, 0.29) is 6.04 Å². The van der Waals surface area contributed by atoms with E-state index in [0.29, 0.717) is 18.3 Å². The van der Waals surface area contributed by atoms with Gasteiger partial charge < -0.3 is 4.57 Å². The van der Waals surface area contributed by atoms with Crippen LogP contribution in [0.25, 0.3) is 0 Å². The van der Waals surface area contributed by atoms with Crippen molar-refractivity contribution >= 4 is 22.0 Å². The molecule has 3 rings (SSSR count). The van der Waals surface area contributed by atoms with Gasteiger partial charge in [-0.3, -0.25) is 0 Å². The number of hydrogen-bond donors (Lipinski definition) is 1. The molecule has 0 atom stereocenters. The zero-order valence-corrected chi connectivity index (χ0v) is 16.0. The van der Waals surface area contributed by atoms with Crippen molar-refractivity contribution in [2.75, 3.05) is 13.1 Å². The number of imidazole rings is 1. The molecule has 0 spiro atoms. The molecule has 0 bridgehead atoms. The third-order valence-electron chi connectivity index (χ3n) is 4.94. The number of aromatic nitrogens is 2. The Morgan fingerprint density at radius 3 is 2.38 bits per heavy atom. The van der Waals surface area contributed by atoms with Crippen LogP contribution in [0.2, 0.25) is 0 Å². The molecule has 1 aromatic rings. The second-order valence-electron chi connectivity index (χ2n) is 6.85. The fraction of sp³-hybridized carbons (Fsp3) is 0.812. The zero-order chi connectivity index (χ0) is 17.0. The van der Waals surface area contributed by atoms with Crippen molar-refractivity contribution < 1.29 is 8.42 Å². The van der Waals surface area contributed by atoms with Gasteiger partial charge in [-0.1, -0.05) is 24.6 Å². The molecule has 2 fully saturated rings. The molecule has 6 nitrogen and oxygen atoms in total. The molecule has 1 saturated carbocycles. The minimum atomic E-state index is -3.32. The van der Waals surface area contributed by atoms with Crippen LogP contribution in [0.1, 0.15) is 51.4 Å². The normalized spacial score (nSPS) is 27.0. The van der Waals surface area contributed by atoms with Crippen LogP contribution in [0, 0.1) is 0 Å². The maximum atomic E-state index is 12.6. The van der Waals surface area contributed by atoms with Crippen LogP contribution in [-0.2, 0) is 17.3 Å². The molecule has 2 aliphatic rings. The maximum Gasteiger partial charge on any atom is 0.279 e. The number of thioether (sulfide) groups is 1. The lowest BCUT2D eigenvalue weighted by Gasteiger charge is -2.30. The Labute approximate surface area is 149 Å². The van der Waals surface area contributed by atoms with Gasteiger partial charge in [0, 0.05) is 43.8 Å². The van der Waals surface area contributed by atoms with Gasteiger partial charge in [0.05, 0.1) is 0 Å². The monoisotopic (exact) mass is 372 g/mol. The Kier molecular flexibility index (Phi) is 6.23. The Hall–Kier alpha value is -0.570. The van der Waals surface area contributed by atoms with Crippen molar-refractivity contribution in [1.29, 1.82) is 0 Å². The minimum absolute atomic E-state index is 0.0801. The van der Waals surface area contributed by atoms with Crippen molar-refractivity contribution in [3.63, 3.8) is 0 Å². The Morgan fingerprint density at radius 1 is 1.12 bits per heavy atom. The van der Waals surface area contributed by atoms with Gasteiger partial charge in [0.15, 0.2) is 5.16 Å². The van der Waals surface area contributed by atoms with Gasteiger partial charge in [-0.05, 0) is 38.5 Å². The first-order valence-electron chi connectivity index (χ1n) is 8.96. The van der Waals surface area contributed by atoms with Crippen molar-refractivity contribution in [3.8, 4) is 0 Å². The van der Waals surface area contributed by atoms with Crippen molar-refractivity contribution in [3.05, 3.63) is 12.4 Å². The summed E-state index contributed by atoms with van der Waals surface area (Å²) in [5.41, 5.74) is 0. The van der Waals surface area contributed by atoms with Gasteiger partial charge in [-0.15, -0.1) is 0 Å². The number of aryl methyl sites for hydroxylation is 1. The number of rotatable bonds is 5. The lowest BCUT2D eigenvalue weighted by molar-refractivity contribution is 0.379. The fourth-order valence-corrected chi connectivity index (χ4v) is 6.18. The van der Waals surface area contributed by atoms with E-state index >= 15 is 0 Å². The summed E-state index contributed by atoms with van der Waals surface area (Å²) in [6.45, 7) is 1.33. The number of nitrogens with zero attached hydrogens (tertiary/aromatic N) is 3. The molecule has 1 aliphatic heterocycles. The highest BCUT2D eigenvalue weighted by atomic mass is 32.2. The van der Waals surface area contributed by atoms with E-state index < -0.39 is 10.2 Å². The van der Waals surface area contributed by atoms with Crippen molar-refractivity contribution in [1.82, 2.24) is 18.6 Å². The van der Waals surface area contributed by atoms with E-state index in [4.69, 9.17) is 0 Å². The molecule has 2 heterocycles. The maximum absolute atomic E-state index is 12.6. The van der Waals surface area contributed by atoms with E-state index in [9.17, 15) is 8.42 Å². The highest BCUT2D eigenvalue weighted by Gasteiger charge is 2.29. The number of nitrogens with one attached hydrogen (secondary N) is 1. The van der Waals surface area contributed by atoms with Gasteiger partial charge in [0.25, 0.3) is 10.2 Å². The topological polar surface area (TPSA) is 67.2 Å². The quantitative estimate of drug-likeness (QED) is 0.862. The summed E-state index contributed by atoms with van der Waals surface area (Å²) in [5.74, 6) is 0. The smallest absolute Gasteiger partial charge is 0.279 e. The fourth-order valence-electron chi connectivity index (χ4n) is 3.48. The summed E-state index contributed by atoms with van der Waals surface area (Å²) >= 11 is 1.81. The molecule has 136 valence electrons. The van der Waals surface area contributed by atoms with Gasteiger partial charge in [-0.2, -0.15) is 17.4 Å². The molecule has 24 heavy (non-hydrogen) atoms. The largest absolute Gasteiger partial charge is 0.329 e. The summed E-state index contributed by atoms with van der Waals surface area (Å²) in [6, 6.07) is 0.0801. The molecule has 1 aliphatic carbocycles. The van der Waals surface area contributed by atoms with Crippen molar-refractivity contribution in [2.24, 2.45) is 7.05 Å². The summed E-state index contributed by atoms with van der Waals surface area (Å²) in [7, 11) is -1.31. The summed E-state index contributed by atoms with van der Waals surface area (Å²) in [6.07, 6.45) is 11.9. The van der Waals surface area contributed by atoms with Gasteiger partial charge in [0.2, 0.25) is 0 Å². The minimum Gasteiger partial charge on any atom is -0.329 e. The first kappa shape index (κ1) is 18.2. The third-order valence-corrected chi connectivity index (χ3v) is 8.03. The second-order valence-corrected chi connectivity index (χ2v) is 9.82. The van der Waals surface area contributed by atoms with E-state index in [0.717, 1.165) is 56.5 Å². The predicted molar refractivity (Wildman–Crippen MR) is 97.2 cm³/mol. The first-order chi connectivity index (χ1) is 11.5. The van der Waals surface area contributed by atoms with E-state index in [1.165, 1.54) is 0 Å². The molecule has 0 unspecified atom stereocenters. The van der Waals surface area contributed by atoms with Crippen LogP contribution < -0.4 is 4.72 Å². The average molecular weight is 373 g/mol. The predicted octanol–water partition coefficient (Wildman–Crippen LogP) is 2.53. The summed E-state index contributed by atoms with van der Waals surface area (Å²) in [5, 5.41) is 1.58. The molecular formula is C16H28N4O2S2. The summed E-state index contributed by atoms with van der Waals surface area (Å²) in [4.78, 5) is 4.37. The molecule has 0 radical (unpaired) electrons. The van der Waals surface area contributed by atoms with Crippen LogP contribution in [0.5, 0.6) is 0 Å². The summed E-state index contributed by atoms with van der Waals surface area (Å²) < 4.78 is 31.8. The molecule has 1 saturated heterocycles. The first-order valence-corrected chi connectivity index (χ1v) is 11.3. The highest BCUT2D eigenvalue weighted by Crippen LogP contribution is 2.33. The van der Waals surface area contributed by atoms with E-state index in [1.54, 1.807) is 4.31 Å². The molecule has 0 aromatic carbocycles. The Morgan fingerprint density at radius 2 is 1.79 bits per heavy atom. The molecular weight excluding hydrogens is 344 g/mol. The molecule has 1 aromatic heterocycles. The SMILES string of the molecule is Cn1ccnc1SC1CCC(NS(=O)(=O)N2CCCCCC2)CC1. The van der Waals surface area contributed by atoms with Crippen LogP contribution >= 0.6 is 11.8 Å². The number of hydrogen-bond acceptors (Lipinski definition) is 4. The van der Waals surface area contributed by atoms with Crippen LogP contribution in [0.15, 0.2) is 17.6 Å². The van der Waals surface area contributed by atoms with Crippen LogP contribution in [-0.4, -0.2) is 46.7 Å². The molecule has 0 amide bonds. The Balaban J connectivity index is 1.48. The van der Waals surface area contributed by atoms with Crippen molar-refractivity contribution in [2.45, 2.75) is 67.8 Å². The third kappa shape index (κ3) is 4.74. The van der Waals surface area contributed by atoms with E-state index in [1.807, 2.05) is 35.8 Å². The van der Waals surface area contributed by atoms with Gasteiger partial charge in [0.1, 0.15) is 0 Å². The van der Waals surface area contributed by atoms with Gasteiger partial charge >= 0.3 is 0 Å². The average Bonchev–Trinajstić information content (AvgIpc) is 2.79. The lowest BCUT2D eigenvalue weighted by Crippen LogP contribution is -2.47. The molecule has 8 heteroatoms. The zero-order valence-electron chi connectivity index (χ0n) is 14.4. The Bertz CT molecular complexity index is 616. The lowest BCUT2D eigenvalue weighted by atomic mass is 9.96. The van der Waals surface area contributed by atoms with Crippen LogP contribution in [0.3, 0.4) is 0 Å². The highest BCUT2D eigenvalue weighted by molar-refractivity contribution is 7.99. The van der Waals surface area contributed by atoms with Crippen LogP contribution in [0.4, 0.5) is 0 Å².